The molecule has 0 radical (unpaired) electrons. The molecule has 2 rings (SSSR count). The predicted octanol–water partition coefficient (Wildman–Crippen LogP) is 1.51. The summed E-state index contributed by atoms with van der Waals surface area (Å²) in [5.74, 6) is 0.832. The van der Waals surface area contributed by atoms with Crippen LogP contribution in [0.1, 0.15) is 30.8 Å². The smallest absolute Gasteiger partial charge is 0.156 e. The molecule has 2 aromatic heterocycles. The molecule has 0 atom stereocenters. The minimum Gasteiger partial charge on any atom is -0.316 e. The molecule has 0 spiro atoms. The van der Waals surface area contributed by atoms with Crippen molar-refractivity contribution in [2.75, 3.05) is 7.05 Å². The van der Waals surface area contributed by atoms with Gasteiger partial charge in [0.1, 0.15) is 6.33 Å². The first-order valence-electron chi connectivity index (χ1n) is 6.32. The summed E-state index contributed by atoms with van der Waals surface area (Å²) in [7, 11) is 1.96. The fourth-order valence-electron chi connectivity index (χ4n) is 2.16. The van der Waals surface area contributed by atoms with Crippen LogP contribution in [-0.2, 0) is 19.4 Å². The van der Waals surface area contributed by atoms with Crippen molar-refractivity contribution < 1.29 is 0 Å². The maximum Gasteiger partial charge on any atom is 0.156 e. The van der Waals surface area contributed by atoms with E-state index in [1.54, 1.807) is 12.5 Å². The summed E-state index contributed by atoms with van der Waals surface area (Å²) in [5.41, 5.74) is 3.65. The lowest BCUT2D eigenvalue weighted by atomic mass is 10.1. The van der Waals surface area contributed by atoms with Gasteiger partial charge in [0.05, 0.1) is 11.4 Å². The van der Waals surface area contributed by atoms with Crippen molar-refractivity contribution in [3.8, 4) is 5.82 Å². The molecule has 0 aromatic carbocycles. The molecule has 2 heterocycles. The molecule has 0 saturated carbocycles. The average molecular weight is 245 g/mol. The van der Waals surface area contributed by atoms with Crippen LogP contribution < -0.4 is 5.32 Å². The molecule has 18 heavy (non-hydrogen) atoms. The SMILES string of the molecule is CCc1nn(-c2ccncn2)c(CC)c1CNC. The number of hydrogen-bond donors (Lipinski definition) is 1. The Morgan fingerprint density at radius 2 is 2.11 bits per heavy atom. The van der Waals surface area contributed by atoms with Gasteiger partial charge in [0.2, 0.25) is 0 Å². The number of nitrogens with one attached hydrogen (secondary N) is 1. The normalized spacial score (nSPS) is 10.8. The van der Waals surface area contributed by atoms with Crippen LogP contribution in [-0.4, -0.2) is 26.8 Å². The average Bonchev–Trinajstić information content (AvgIpc) is 2.78. The van der Waals surface area contributed by atoms with Gasteiger partial charge in [-0.1, -0.05) is 13.8 Å². The van der Waals surface area contributed by atoms with Crippen LogP contribution in [0.2, 0.25) is 0 Å². The molecule has 0 aliphatic heterocycles. The second-order valence-electron chi connectivity index (χ2n) is 4.09. The van der Waals surface area contributed by atoms with Gasteiger partial charge in [-0.15, -0.1) is 0 Å². The highest BCUT2D eigenvalue weighted by Crippen LogP contribution is 2.19. The highest BCUT2D eigenvalue weighted by molar-refractivity contribution is 5.33. The van der Waals surface area contributed by atoms with Crippen molar-refractivity contribution in [3.63, 3.8) is 0 Å². The van der Waals surface area contributed by atoms with E-state index >= 15 is 0 Å². The molecular weight excluding hydrogens is 226 g/mol. The summed E-state index contributed by atoms with van der Waals surface area (Å²) >= 11 is 0. The van der Waals surface area contributed by atoms with Crippen molar-refractivity contribution in [3.05, 3.63) is 35.5 Å². The third-order valence-electron chi connectivity index (χ3n) is 2.98. The maximum absolute atomic E-state index is 4.67. The summed E-state index contributed by atoms with van der Waals surface area (Å²) in [6.07, 6.45) is 5.17. The quantitative estimate of drug-likeness (QED) is 0.867. The number of rotatable bonds is 5. The molecule has 2 aromatic rings. The molecular formula is C13H19N5. The number of hydrogen-bond acceptors (Lipinski definition) is 4. The predicted molar refractivity (Wildman–Crippen MR) is 70.7 cm³/mol. The highest BCUT2D eigenvalue weighted by atomic mass is 15.3. The standard InChI is InChI=1S/C13H19N5/c1-4-11-10(8-14-3)12(5-2)18(17-11)13-6-7-15-9-16-13/h6-7,9,14H,4-5,8H2,1-3H3. The second kappa shape index (κ2) is 5.73. The Balaban J connectivity index is 2.54. The minimum atomic E-state index is 0.832. The largest absolute Gasteiger partial charge is 0.316 e. The van der Waals surface area contributed by atoms with Crippen molar-refractivity contribution in [1.82, 2.24) is 25.1 Å². The lowest BCUT2D eigenvalue weighted by Gasteiger charge is -2.06. The Morgan fingerprint density at radius 1 is 1.28 bits per heavy atom. The topological polar surface area (TPSA) is 55.6 Å². The van der Waals surface area contributed by atoms with Crippen LogP contribution in [0.4, 0.5) is 0 Å². The Labute approximate surface area is 107 Å². The van der Waals surface area contributed by atoms with Crippen LogP contribution in [0.5, 0.6) is 0 Å². The summed E-state index contributed by atoms with van der Waals surface area (Å²) in [5, 5.41) is 7.89. The van der Waals surface area contributed by atoms with E-state index < -0.39 is 0 Å². The zero-order valence-corrected chi connectivity index (χ0v) is 11.1. The van der Waals surface area contributed by atoms with Gasteiger partial charge in [-0.3, -0.25) is 0 Å². The number of aryl methyl sites for hydroxylation is 1. The molecule has 0 amide bonds. The zero-order chi connectivity index (χ0) is 13.0. The molecule has 96 valence electrons. The van der Waals surface area contributed by atoms with Crippen molar-refractivity contribution in [2.24, 2.45) is 0 Å². The van der Waals surface area contributed by atoms with Crippen molar-refractivity contribution >= 4 is 0 Å². The minimum absolute atomic E-state index is 0.832. The van der Waals surface area contributed by atoms with Gasteiger partial charge < -0.3 is 5.32 Å². The molecule has 5 heteroatoms. The van der Waals surface area contributed by atoms with E-state index in [4.69, 9.17) is 0 Å². The Morgan fingerprint density at radius 3 is 2.67 bits per heavy atom. The Hall–Kier alpha value is -1.75. The third-order valence-corrected chi connectivity index (χ3v) is 2.98. The first kappa shape index (κ1) is 12.7. The maximum atomic E-state index is 4.67. The van der Waals surface area contributed by atoms with E-state index in [-0.39, 0.29) is 0 Å². The summed E-state index contributed by atoms with van der Waals surface area (Å²) < 4.78 is 1.94. The molecule has 0 aliphatic carbocycles. The molecule has 0 saturated heterocycles. The van der Waals surface area contributed by atoms with E-state index in [1.807, 2.05) is 17.8 Å². The number of nitrogens with zero attached hydrogens (tertiary/aromatic N) is 4. The van der Waals surface area contributed by atoms with Gasteiger partial charge in [-0.2, -0.15) is 5.10 Å². The van der Waals surface area contributed by atoms with Gasteiger partial charge in [0.15, 0.2) is 5.82 Å². The lowest BCUT2D eigenvalue weighted by Crippen LogP contribution is -2.10. The van der Waals surface area contributed by atoms with Crippen LogP contribution in [0.25, 0.3) is 5.82 Å². The van der Waals surface area contributed by atoms with Crippen LogP contribution in [0.3, 0.4) is 0 Å². The van der Waals surface area contributed by atoms with Gasteiger partial charge in [0, 0.05) is 24.4 Å². The van der Waals surface area contributed by atoms with Crippen molar-refractivity contribution in [1.29, 1.82) is 0 Å². The van der Waals surface area contributed by atoms with Gasteiger partial charge in [-0.05, 0) is 19.9 Å². The second-order valence-corrected chi connectivity index (χ2v) is 4.09. The monoisotopic (exact) mass is 245 g/mol. The number of aromatic nitrogens is 4. The molecule has 0 unspecified atom stereocenters. The fourth-order valence-corrected chi connectivity index (χ4v) is 2.16. The fraction of sp³-hybridized carbons (Fsp3) is 0.462. The van der Waals surface area contributed by atoms with E-state index in [1.165, 1.54) is 11.3 Å². The first-order chi connectivity index (χ1) is 8.81. The molecule has 5 nitrogen and oxygen atoms in total. The van der Waals surface area contributed by atoms with Crippen LogP contribution in [0, 0.1) is 0 Å². The summed E-state index contributed by atoms with van der Waals surface area (Å²) in [4.78, 5) is 8.22. The van der Waals surface area contributed by atoms with E-state index in [2.05, 4.69) is 34.2 Å². The van der Waals surface area contributed by atoms with E-state index in [0.717, 1.165) is 30.9 Å². The van der Waals surface area contributed by atoms with Crippen LogP contribution in [0.15, 0.2) is 18.6 Å². The van der Waals surface area contributed by atoms with Gasteiger partial charge in [-0.25, -0.2) is 14.6 Å². The van der Waals surface area contributed by atoms with Crippen LogP contribution >= 0.6 is 0 Å². The molecule has 0 fully saturated rings. The molecule has 1 N–H and O–H groups in total. The zero-order valence-electron chi connectivity index (χ0n) is 11.1. The molecule has 0 aliphatic rings. The Kier molecular flexibility index (Phi) is 4.04. The highest BCUT2D eigenvalue weighted by Gasteiger charge is 2.16. The third kappa shape index (κ3) is 2.26. The van der Waals surface area contributed by atoms with Gasteiger partial charge in [0.25, 0.3) is 0 Å². The summed E-state index contributed by atoms with van der Waals surface area (Å²) in [6.45, 7) is 5.12. The first-order valence-corrected chi connectivity index (χ1v) is 6.32. The van der Waals surface area contributed by atoms with Gasteiger partial charge >= 0.3 is 0 Å². The van der Waals surface area contributed by atoms with Crippen molar-refractivity contribution in [2.45, 2.75) is 33.2 Å². The summed E-state index contributed by atoms with van der Waals surface area (Å²) in [6, 6.07) is 1.88. The molecule has 0 bridgehead atoms. The van der Waals surface area contributed by atoms with E-state index in [9.17, 15) is 0 Å². The van der Waals surface area contributed by atoms with E-state index in [0.29, 0.717) is 0 Å². The lowest BCUT2D eigenvalue weighted by molar-refractivity contribution is 0.761. The Bertz CT molecular complexity index is 504.